The molecule has 8 heteroatoms. The Morgan fingerprint density at radius 3 is 2.59 bits per heavy atom. The van der Waals surface area contributed by atoms with Crippen LogP contribution in [0.5, 0.6) is 11.6 Å². The molecule has 0 aliphatic carbocycles. The largest absolute Gasteiger partial charge is 0.507 e. The van der Waals surface area contributed by atoms with Crippen molar-refractivity contribution in [2.45, 2.75) is 43.6 Å². The van der Waals surface area contributed by atoms with Gasteiger partial charge in [-0.15, -0.1) is 0 Å². The first-order valence-corrected chi connectivity index (χ1v) is 11.2. The van der Waals surface area contributed by atoms with Crippen molar-refractivity contribution in [2.24, 2.45) is 0 Å². The summed E-state index contributed by atoms with van der Waals surface area (Å²) in [6, 6.07) is 8.71. The minimum absolute atomic E-state index is 0.0920. The molecule has 7 nitrogen and oxygen atoms in total. The van der Waals surface area contributed by atoms with Gasteiger partial charge in [0.05, 0.1) is 36.8 Å². The molecular formula is C26H28FN5O2. The first-order chi connectivity index (χ1) is 16.2. The molecule has 2 aliphatic heterocycles. The number of fused-ring (bicyclic) bond motifs is 2. The molecule has 1 saturated heterocycles. The third-order valence-electron chi connectivity index (χ3n) is 6.94. The maximum atomic E-state index is 15.4. The highest BCUT2D eigenvalue weighted by atomic mass is 19.1. The zero-order valence-corrected chi connectivity index (χ0v) is 19.7. The summed E-state index contributed by atoms with van der Waals surface area (Å²) in [5.41, 5.74) is 1.89. The molecule has 0 unspecified atom stereocenters. The smallest absolute Gasteiger partial charge is 0.213 e. The van der Waals surface area contributed by atoms with E-state index in [2.05, 4.69) is 33.3 Å². The number of aromatic nitrogens is 3. The van der Waals surface area contributed by atoms with Gasteiger partial charge in [0, 0.05) is 30.4 Å². The van der Waals surface area contributed by atoms with Crippen LogP contribution in [0.4, 0.5) is 10.2 Å². The summed E-state index contributed by atoms with van der Waals surface area (Å²) in [4.78, 5) is 15.0. The number of hydrogen-bond donors (Lipinski definition) is 2. The van der Waals surface area contributed by atoms with Crippen LogP contribution in [0.2, 0.25) is 0 Å². The maximum absolute atomic E-state index is 15.4. The van der Waals surface area contributed by atoms with E-state index in [4.69, 9.17) is 4.74 Å². The molecule has 176 valence electrons. The fourth-order valence-electron chi connectivity index (χ4n) is 5.05. The number of anilines is 1. The normalized spacial score (nSPS) is 27.6. The molecule has 2 N–H and O–H groups in total. The van der Waals surface area contributed by atoms with Crippen LogP contribution in [0.1, 0.15) is 20.3 Å². The Morgan fingerprint density at radius 1 is 1.09 bits per heavy atom. The molecule has 0 amide bonds. The van der Waals surface area contributed by atoms with Crippen molar-refractivity contribution in [3.05, 3.63) is 61.1 Å². The Hall–Kier alpha value is -3.52. The second-order valence-corrected chi connectivity index (χ2v) is 9.52. The molecule has 4 heterocycles. The maximum Gasteiger partial charge on any atom is 0.213 e. The first kappa shape index (κ1) is 22.3. The number of benzene rings is 1. The summed E-state index contributed by atoms with van der Waals surface area (Å²) >= 11 is 0. The SMILES string of the molecule is COc1cc(-c2ccc(-c3cnc(N(C)[C@@H]4C[C@@]5(C)C=C[C@](C)(N5)[C@@H]4F)cn3)c(O)c2)ccn1. The third-order valence-corrected chi connectivity index (χ3v) is 6.94. The number of phenols is 1. The molecule has 34 heavy (non-hydrogen) atoms. The lowest BCUT2D eigenvalue weighted by Gasteiger charge is -2.47. The number of alkyl halides is 1. The average Bonchev–Trinajstić information content (AvgIpc) is 3.12. The summed E-state index contributed by atoms with van der Waals surface area (Å²) in [6.07, 6.45) is 8.44. The van der Waals surface area contributed by atoms with Gasteiger partial charge in [0.1, 0.15) is 17.7 Å². The summed E-state index contributed by atoms with van der Waals surface area (Å²) in [5.74, 6) is 1.18. The van der Waals surface area contributed by atoms with Crippen molar-refractivity contribution < 1.29 is 14.2 Å². The van der Waals surface area contributed by atoms with Crippen molar-refractivity contribution in [2.75, 3.05) is 19.1 Å². The minimum atomic E-state index is -1.09. The van der Waals surface area contributed by atoms with E-state index in [1.165, 1.54) is 0 Å². The lowest BCUT2D eigenvalue weighted by Crippen LogP contribution is -2.66. The molecule has 0 saturated carbocycles. The van der Waals surface area contributed by atoms with Gasteiger partial charge in [-0.2, -0.15) is 0 Å². The number of nitrogens with zero attached hydrogens (tertiary/aromatic N) is 4. The van der Waals surface area contributed by atoms with Crippen LogP contribution in [0.25, 0.3) is 22.4 Å². The zero-order chi connectivity index (χ0) is 24.1. The molecule has 2 aromatic heterocycles. The second kappa shape index (κ2) is 8.06. The number of nitrogens with one attached hydrogen (secondary N) is 1. The van der Waals surface area contributed by atoms with E-state index in [1.54, 1.807) is 43.9 Å². The number of aromatic hydroxyl groups is 1. The van der Waals surface area contributed by atoms with Crippen LogP contribution < -0.4 is 15.0 Å². The van der Waals surface area contributed by atoms with Gasteiger partial charge in [-0.05, 0) is 49.6 Å². The van der Waals surface area contributed by atoms with E-state index < -0.39 is 11.7 Å². The quantitative estimate of drug-likeness (QED) is 0.553. The summed E-state index contributed by atoms with van der Waals surface area (Å²) in [7, 11) is 3.42. The number of phenolic OH excluding ortho intramolecular Hbond substituents is 1. The Bertz CT molecular complexity index is 1250. The van der Waals surface area contributed by atoms with E-state index >= 15 is 4.39 Å². The Balaban J connectivity index is 1.37. The van der Waals surface area contributed by atoms with Crippen LogP contribution in [0.15, 0.2) is 61.1 Å². The van der Waals surface area contributed by atoms with Crippen LogP contribution in [0.3, 0.4) is 0 Å². The lowest BCUT2D eigenvalue weighted by atomic mass is 9.81. The number of rotatable bonds is 5. The number of ether oxygens (including phenoxy) is 1. The number of halogens is 1. The number of hydrogen-bond acceptors (Lipinski definition) is 7. The van der Waals surface area contributed by atoms with Crippen molar-refractivity contribution in [3.8, 4) is 34.0 Å². The van der Waals surface area contributed by atoms with Gasteiger partial charge in [-0.3, -0.25) is 10.3 Å². The van der Waals surface area contributed by atoms with E-state index in [-0.39, 0.29) is 17.3 Å². The Labute approximate surface area is 198 Å². The molecule has 0 spiro atoms. The van der Waals surface area contributed by atoms with Crippen molar-refractivity contribution in [1.82, 2.24) is 20.3 Å². The van der Waals surface area contributed by atoms with Gasteiger partial charge in [0.15, 0.2) is 0 Å². The highest BCUT2D eigenvalue weighted by Crippen LogP contribution is 2.41. The molecule has 4 atom stereocenters. The van der Waals surface area contributed by atoms with Crippen LogP contribution >= 0.6 is 0 Å². The number of piperidine rings is 1. The second-order valence-electron chi connectivity index (χ2n) is 9.52. The van der Waals surface area contributed by atoms with Crippen molar-refractivity contribution >= 4 is 5.82 Å². The topological polar surface area (TPSA) is 83.4 Å². The molecule has 1 fully saturated rings. The van der Waals surface area contributed by atoms with Gasteiger partial charge in [-0.25, -0.2) is 14.4 Å². The Morgan fingerprint density at radius 2 is 1.88 bits per heavy atom. The lowest BCUT2D eigenvalue weighted by molar-refractivity contribution is 0.100. The molecule has 3 aromatic rings. The van der Waals surface area contributed by atoms with Crippen molar-refractivity contribution in [3.63, 3.8) is 0 Å². The van der Waals surface area contributed by atoms with E-state index in [1.807, 2.05) is 37.1 Å². The first-order valence-electron chi connectivity index (χ1n) is 11.2. The van der Waals surface area contributed by atoms with Crippen molar-refractivity contribution in [1.29, 1.82) is 0 Å². The highest BCUT2D eigenvalue weighted by Gasteiger charge is 2.53. The average molecular weight is 462 g/mol. The minimum Gasteiger partial charge on any atom is -0.507 e. The molecule has 2 aliphatic rings. The fourth-order valence-corrected chi connectivity index (χ4v) is 5.05. The van der Waals surface area contributed by atoms with E-state index in [0.29, 0.717) is 29.4 Å². The predicted octanol–water partition coefficient (Wildman–Crippen LogP) is 4.14. The van der Waals surface area contributed by atoms with Gasteiger partial charge < -0.3 is 14.7 Å². The number of methoxy groups -OCH3 is 1. The molecule has 1 aromatic carbocycles. The summed E-state index contributed by atoms with van der Waals surface area (Å²) < 4.78 is 20.6. The predicted molar refractivity (Wildman–Crippen MR) is 130 cm³/mol. The van der Waals surface area contributed by atoms with Crippen LogP contribution in [-0.2, 0) is 0 Å². The molecule has 0 radical (unpaired) electrons. The van der Waals surface area contributed by atoms with E-state index in [9.17, 15) is 5.11 Å². The molecule has 5 rings (SSSR count). The van der Waals surface area contributed by atoms with Gasteiger partial charge in [0.2, 0.25) is 5.88 Å². The molecule has 2 bridgehead atoms. The van der Waals surface area contributed by atoms with E-state index in [0.717, 1.165) is 11.1 Å². The standard InChI is InChI=1S/C26H28FN5O2/c1-25-8-9-26(2,31-25)24(27)20(13-25)32(3)22-15-29-19(14-30-22)18-6-5-16(11-21(18)33)17-7-10-28-23(12-17)34-4/h5-12,14-15,20,24,31,33H,13H2,1-4H3/t20-,24-,25-,26+/m1/s1. The fraction of sp³-hybridized carbons (Fsp3) is 0.346. The highest BCUT2D eigenvalue weighted by molar-refractivity contribution is 5.74. The van der Waals surface area contributed by atoms with Crippen LogP contribution in [-0.4, -0.2) is 57.5 Å². The third kappa shape index (κ3) is 3.77. The van der Waals surface area contributed by atoms with Crippen LogP contribution in [0, 0.1) is 0 Å². The Kier molecular flexibility index (Phi) is 5.28. The monoisotopic (exact) mass is 461 g/mol. The number of pyridine rings is 1. The zero-order valence-electron chi connectivity index (χ0n) is 19.7. The van der Waals surface area contributed by atoms with Gasteiger partial charge in [0.25, 0.3) is 0 Å². The van der Waals surface area contributed by atoms with Gasteiger partial charge >= 0.3 is 0 Å². The van der Waals surface area contributed by atoms with Gasteiger partial charge in [-0.1, -0.05) is 18.2 Å². The summed E-state index contributed by atoms with van der Waals surface area (Å²) in [6.45, 7) is 3.98. The molecular weight excluding hydrogens is 433 g/mol. The summed E-state index contributed by atoms with van der Waals surface area (Å²) in [5, 5.41) is 14.1.